The maximum atomic E-state index is 13.3. The second-order valence-electron chi connectivity index (χ2n) is 8.10. The minimum absolute atomic E-state index is 0.00357. The number of aromatic amines is 1. The van der Waals surface area contributed by atoms with Gasteiger partial charge in [-0.05, 0) is 31.0 Å². The molecule has 0 saturated heterocycles. The number of H-pyrrole nitrogens is 1. The summed E-state index contributed by atoms with van der Waals surface area (Å²) in [5, 5.41) is 8.36. The van der Waals surface area contributed by atoms with Crippen molar-refractivity contribution >= 4 is 49.8 Å². The molecule has 0 bridgehead atoms. The molecule has 3 N–H and O–H groups in total. The SMILES string of the molecule is CN(c1cc(C(F)(F)F)ccc1Nc1cc(NC(=O)C2CC2)nc2[nH]n(C)c(=O)c12)S(C)(=O)=O. The molecule has 34 heavy (non-hydrogen) atoms. The molecule has 1 aliphatic rings. The summed E-state index contributed by atoms with van der Waals surface area (Å²) in [6.45, 7) is 0. The number of aryl methyl sites for hydroxylation is 1. The molecular weight excluding hydrogens is 477 g/mol. The number of sulfonamides is 1. The van der Waals surface area contributed by atoms with Crippen LogP contribution in [-0.4, -0.2) is 42.4 Å². The van der Waals surface area contributed by atoms with E-state index in [0.29, 0.717) is 10.4 Å². The van der Waals surface area contributed by atoms with E-state index in [1.807, 2.05) is 0 Å². The van der Waals surface area contributed by atoms with Crippen LogP contribution in [0, 0.1) is 5.92 Å². The number of nitrogens with zero attached hydrogens (tertiary/aromatic N) is 3. The summed E-state index contributed by atoms with van der Waals surface area (Å²) in [6.07, 6.45) is -2.33. The van der Waals surface area contributed by atoms with E-state index in [-0.39, 0.29) is 45.7 Å². The van der Waals surface area contributed by atoms with Crippen molar-refractivity contribution in [3.63, 3.8) is 0 Å². The van der Waals surface area contributed by atoms with Crippen molar-refractivity contribution < 1.29 is 26.4 Å². The van der Waals surface area contributed by atoms with Crippen molar-refractivity contribution in [2.75, 3.05) is 28.2 Å². The maximum Gasteiger partial charge on any atom is 0.416 e. The highest BCUT2D eigenvalue weighted by atomic mass is 32.2. The van der Waals surface area contributed by atoms with Gasteiger partial charge < -0.3 is 10.6 Å². The normalized spacial score (nSPS) is 14.3. The van der Waals surface area contributed by atoms with E-state index in [0.717, 1.165) is 43.0 Å². The summed E-state index contributed by atoms with van der Waals surface area (Å²) in [6, 6.07) is 3.95. The summed E-state index contributed by atoms with van der Waals surface area (Å²) in [4.78, 5) is 29.1. The lowest BCUT2D eigenvalue weighted by Crippen LogP contribution is -2.26. The van der Waals surface area contributed by atoms with Gasteiger partial charge in [0.25, 0.3) is 5.56 Å². The second kappa shape index (κ2) is 8.04. The first-order valence-corrected chi connectivity index (χ1v) is 11.9. The fraction of sp³-hybridized carbons (Fsp3) is 0.350. The lowest BCUT2D eigenvalue weighted by atomic mass is 10.1. The number of carbonyl (C=O) groups is 1. The Hall–Kier alpha value is -3.55. The van der Waals surface area contributed by atoms with Crippen LogP contribution in [0.4, 0.5) is 36.1 Å². The second-order valence-corrected chi connectivity index (χ2v) is 10.1. The maximum absolute atomic E-state index is 13.3. The molecule has 10 nitrogen and oxygen atoms in total. The van der Waals surface area contributed by atoms with Crippen LogP contribution < -0.4 is 20.5 Å². The third kappa shape index (κ3) is 4.58. The molecule has 0 atom stereocenters. The van der Waals surface area contributed by atoms with Crippen molar-refractivity contribution in [2.45, 2.75) is 19.0 Å². The van der Waals surface area contributed by atoms with Gasteiger partial charge >= 0.3 is 6.18 Å². The van der Waals surface area contributed by atoms with Crippen LogP contribution >= 0.6 is 0 Å². The lowest BCUT2D eigenvalue weighted by molar-refractivity contribution is -0.137. The predicted octanol–water partition coefficient (Wildman–Crippen LogP) is 2.77. The van der Waals surface area contributed by atoms with E-state index < -0.39 is 27.3 Å². The number of nitrogens with one attached hydrogen (secondary N) is 3. The number of carbonyl (C=O) groups excluding carboxylic acids is 1. The Labute approximate surface area is 191 Å². The summed E-state index contributed by atoms with van der Waals surface area (Å²) in [7, 11) is -1.35. The van der Waals surface area contributed by atoms with Crippen LogP contribution in [0.2, 0.25) is 0 Å². The van der Waals surface area contributed by atoms with Crippen molar-refractivity contribution in [3.05, 3.63) is 40.2 Å². The van der Waals surface area contributed by atoms with Crippen LogP contribution in [0.15, 0.2) is 29.1 Å². The largest absolute Gasteiger partial charge is 0.416 e. The Morgan fingerprint density at radius 3 is 2.50 bits per heavy atom. The first-order valence-electron chi connectivity index (χ1n) is 10.1. The molecule has 0 aliphatic heterocycles. The number of pyridine rings is 1. The van der Waals surface area contributed by atoms with Gasteiger partial charge in [0.2, 0.25) is 15.9 Å². The van der Waals surface area contributed by atoms with Gasteiger partial charge in [0, 0.05) is 26.1 Å². The molecule has 0 spiro atoms. The Morgan fingerprint density at radius 2 is 1.91 bits per heavy atom. The number of hydrogen-bond acceptors (Lipinski definition) is 6. The monoisotopic (exact) mass is 498 g/mol. The molecule has 4 rings (SSSR count). The fourth-order valence-corrected chi connectivity index (χ4v) is 3.86. The molecule has 1 saturated carbocycles. The Kier molecular flexibility index (Phi) is 5.58. The molecule has 1 amide bonds. The van der Waals surface area contributed by atoms with Crippen LogP contribution in [0.25, 0.3) is 11.0 Å². The lowest BCUT2D eigenvalue weighted by Gasteiger charge is -2.22. The highest BCUT2D eigenvalue weighted by Gasteiger charge is 2.33. The van der Waals surface area contributed by atoms with Crippen LogP contribution in [0.5, 0.6) is 0 Å². The highest BCUT2D eigenvalue weighted by molar-refractivity contribution is 7.92. The zero-order chi connectivity index (χ0) is 25.0. The summed E-state index contributed by atoms with van der Waals surface area (Å²) in [5.41, 5.74) is -1.54. The molecule has 0 radical (unpaired) electrons. The van der Waals surface area contributed by atoms with E-state index in [2.05, 4.69) is 20.7 Å². The summed E-state index contributed by atoms with van der Waals surface area (Å²) in [5.74, 6) is -0.226. The van der Waals surface area contributed by atoms with Crippen LogP contribution in [-0.2, 0) is 28.0 Å². The van der Waals surface area contributed by atoms with Crippen LogP contribution in [0.1, 0.15) is 18.4 Å². The zero-order valence-electron chi connectivity index (χ0n) is 18.3. The van der Waals surface area contributed by atoms with Crippen molar-refractivity contribution in [1.82, 2.24) is 14.8 Å². The first kappa shape index (κ1) is 23.6. The van der Waals surface area contributed by atoms with Gasteiger partial charge in [-0.2, -0.15) is 13.2 Å². The number of anilines is 4. The topological polar surface area (TPSA) is 129 Å². The van der Waals surface area contributed by atoms with Crippen LogP contribution in [0.3, 0.4) is 0 Å². The molecular formula is C20H21F3N6O4S. The third-order valence-corrected chi connectivity index (χ3v) is 6.63. The first-order chi connectivity index (χ1) is 15.8. The predicted molar refractivity (Wildman–Crippen MR) is 121 cm³/mol. The number of alkyl halides is 3. The molecule has 182 valence electrons. The Bertz CT molecular complexity index is 1460. The van der Waals surface area contributed by atoms with E-state index in [1.54, 1.807) is 0 Å². The van der Waals surface area contributed by atoms with E-state index in [4.69, 9.17) is 0 Å². The van der Waals surface area contributed by atoms with Gasteiger partial charge in [-0.3, -0.25) is 23.7 Å². The van der Waals surface area contributed by atoms with Gasteiger partial charge in [0.1, 0.15) is 11.2 Å². The molecule has 1 fully saturated rings. The van der Waals surface area contributed by atoms with E-state index >= 15 is 0 Å². The zero-order valence-corrected chi connectivity index (χ0v) is 19.1. The van der Waals surface area contributed by atoms with E-state index in [9.17, 15) is 31.2 Å². The fourth-order valence-electron chi connectivity index (χ4n) is 3.35. The van der Waals surface area contributed by atoms with Crippen molar-refractivity contribution in [1.29, 1.82) is 0 Å². The number of aromatic nitrogens is 3. The standard InChI is InChI=1S/C20H21F3N6O4S/c1-28-19(31)16-13(9-15(25-17(16)27-28)26-18(30)10-4-5-10)24-12-7-6-11(20(21,22)23)8-14(12)29(2)34(3,32)33/h6-10H,4-5H2,1-3H3,(H3,24,25,26,27,30). The van der Waals surface area contributed by atoms with Gasteiger partial charge in [-0.1, -0.05) is 0 Å². The quantitative estimate of drug-likeness (QED) is 0.479. The van der Waals surface area contributed by atoms with Crippen molar-refractivity contribution in [3.8, 4) is 0 Å². The number of rotatable bonds is 6. The molecule has 0 unspecified atom stereocenters. The number of amides is 1. The average Bonchev–Trinajstić information content (AvgIpc) is 3.53. The number of halogens is 3. The average molecular weight is 498 g/mol. The Morgan fingerprint density at radius 1 is 1.24 bits per heavy atom. The summed E-state index contributed by atoms with van der Waals surface area (Å²) >= 11 is 0. The van der Waals surface area contributed by atoms with Gasteiger partial charge in [0.05, 0.1) is 28.9 Å². The molecule has 1 aromatic carbocycles. The highest BCUT2D eigenvalue weighted by Crippen LogP contribution is 2.38. The van der Waals surface area contributed by atoms with Gasteiger partial charge in [-0.25, -0.2) is 13.4 Å². The smallest absolute Gasteiger partial charge is 0.353 e. The molecule has 1 aliphatic carbocycles. The minimum Gasteiger partial charge on any atom is -0.353 e. The molecule has 14 heteroatoms. The third-order valence-electron chi connectivity index (χ3n) is 5.44. The molecule has 2 heterocycles. The van der Waals surface area contributed by atoms with E-state index in [1.165, 1.54) is 13.1 Å². The minimum atomic E-state index is -4.70. The van der Waals surface area contributed by atoms with Gasteiger partial charge in [0.15, 0.2) is 5.65 Å². The van der Waals surface area contributed by atoms with Crippen molar-refractivity contribution in [2.24, 2.45) is 13.0 Å². The van der Waals surface area contributed by atoms with Gasteiger partial charge in [-0.15, -0.1) is 0 Å². The summed E-state index contributed by atoms with van der Waals surface area (Å²) < 4.78 is 66.0. The molecule has 2 aromatic heterocycles. The number of fused-ring (bicyclic) bond motifs is 1. The number of benzene rings is 1. The Balaban J connectivity index is 1.85. The molecule has 3 aromatic rings. The number of hydrogen-bond donors (Lipinski definition) is 3.